The highest BCUT2D eigenvalue weighted by molar-refractivity contribution is 5.68. The molecule has 2 N–H and O–H groups in total. The molecule has 0 aromatic rings. The number of carbonyl (C=O) groups is 3. The number of carbonyl (C=O) groups excluding carboxylic acids is 3. The number of hydrogen-bond donors (Lipinski definition) is 2. The van der Waals surface area contributed by atoms with Crippen LogP contribution < -0.4 is 0 Å². The van der Waals surface area contributed by atoms with Crippen molar-refractivity contribution in [2.24, 2.45) is 0 Å². The molecular weight excluding hydrogens is 288 g/mol. The normalized spacial score (nSPS) is 32.1. The van der Waals surface area contributed by atoms with Crippen LogP contribution in [0.25, 0.3) is 0 Å². The molecule has 0 radical (unpaired) electrons. The molecule has 0 bridgehead atoms. The minimum atomic E-state index is -1.64. The number of aliphatic hydroxyl groups excluding tert-OH is 2. The van der Waals surface area contributed by atoms with Gasteiger partial charge in [0.1, 0.15) is 6.10 Å². The fourth-order valence-corrected chi connectivity index (χ4v) is 2.02. The van der Waals surface area contributed by atoms with E-state index in [4.69, 9.17) is 18.9 Å². The zero-order valence-electron chi connectivity index (χ0n) is 11.8. The Balaban J connectivity index is 3.08. The maximum atomic E-state index is 11.2. The molecule has 9 nitrogen and oxygen atoms in total. The van der Waals surface area contributed by atoms with Crippen LogP contribution in [0.2, 0.25) is 0 Å². The Morgan fingerprint density at radius 1 is 0.905 bits per heavy atom. The topological polar surface area (TPSA) is 129 Å². The first-order valence-corrected chi connectivity index (χ1v) is 6.22. The molecule has 3 unspecified atom stereocenters. The van der Waals surface area contributed by atoms with Gasteiger partial charge >= 0.3 is 17.9 Å². The Morgan fingerprint density at radius 3 is 1.76 bits per heavy atom. The van der Waals surface area contributed by atoms with Gasteiger partial charge < -0.3 is 29.2 Å². The third kappa shape index (κ3) is 4.66. The van der Waals surface area contributed by atoms with Gasteiger partial charge in [0.05, 0.1) is 6.61 Å². The molecule has 0 aliphatic carbocycles. The van der Waals surface area contributed by atoms with Gasteiger partial charge in [0.15, 0.2) is 24.6 Å². The standard InChI is InChI=1S/C12H18O9/c1-5(14)18-9-8(4-13)21-12(17)11(20-7(3)16)10(9)19-6(2)15/h8-13,17H,4H2,1-3H3/t8?,9-,10?,11?,12+/m1/s1. The zero-order valence-corrected chi connectivity index (χ0v) is 11.8. The lowest BCUT2D eigenvalue weighted by Crippen LogP contribution is -2.62. The zero-order chi connectivity index (χ0) is 16.2. The van der Waals surface area contributed by atoms with E-state index in [1.807, 2.05) is 0 Å². The Bertz CT molecular complexity index is 408. The van der Waals surface area contributed by atoms with E-state index in [1.165, 1.54) is 0 Å². The molecule has 5 atom stereocenters. The molecule has 1 rings (SSSR count). The first-order chi connectivity index (χ1) is 9.76. The van der Waals surface area contributed by atoms with Crippen molar-refractivity contribution in [2.45, 2.75) is 51.5 Å². The minimum Gasteiger partial charge on any atom is -0.456 e. The maximum absolute atomic E-state index is 11.2. The van der Waals surface area contributed by atoms with Crippen molar-refractivity contribution in [3.8, 4) is 0 Å². The number of ether oxygens (including phenoxy) is 4. The average molecular weight is 306 g/mol. The molecule has 0 saturated carbocycles. The lowest BCUT2D eigenvalue weighted by atomic mass is 9.98. The second kappa shape index (κ2) is 7.34. The van der Waals surface area contributed by atoms with Gasteiger partial charge in [-0.15, -0.1) is 0 Å². The molecule has 0 aromatic carbocycles. The Hall–Kier alpha value is -1.71. The summed E-state index contributed by atoms with van der Waals surface area (Å²) in [6, 6.07) is 0. The lowest BCUT2D eigenvalue weighted by Gasteiger charge is -2.42. The molecule has 0 spiro atoms. The molecule has 120 valence electrons. The first kappa shape index (κ1) is 17.3. The van der Waals surface area contributed by atoms with E-state index in [2.05, 4.69) is 0 Å². The number of esters is 3. The molecule has 0 amide bonds. The summed E-state index contributed by atoms with van der Waals surface area (Å²) in [5, 5.41) is 19.0. The largest absolute Gasteiger partial charge is 0.456 e. The molecule has 9 heteroatoms. The number of aliphatic hydroxyl groups is 2. The monoisotopic (exact) mass is 306 g/mol. The van der Waals surface area contributed by atoms with Crippen molar-refractivity contribution < 1.29 is 43.5 Å². The van der Waals surface area contributed by atoms with Crippen LogP contribution in [-0.2, 0) is 33.3 Å². The van der Waals surface area contributed by atoms with Crippen LogP contribution in [0.1, 0.15) is 20.8 Å². The van der Waals surface area contributed by atoms with Crippen LogP contribution >= 0.6 is 0 Å². The van der Waals surface area contributed by atoms with Crippen molar-refractivity contribution in [3.63, 3.8) is 0 Å². The van der Waals surface area contributed by atoms with E-state index < -0.39 is 55.2 Å². The Morgan fingerprint density at radius 2 is 1.33 bits per heavy atom. The average Bonchev–Trinajstić information content (AvgIpc) is 2.35. The summed E-state index contributed by atoms with van der Waals surface area (Å²) in [6.07, 6.45) is -6.65. The van der Waals surface area contributed by atoms with Gasteiger partial charge in [-0.2, -0.15) is 0 Å². The molecule has 1 aliphatic rings. The van der Waals surface area contributed by atoms with Crippen molar-refractivity contribution in [2.75, 3.05) is 6.61 Å². The molecule has 1 heterocycles. The summed E-state index contributed by atoms with van der Waals surface area (Å²) in [5.74, 6) is -2.19. The highest BCUT2D eigenvalue weighted by Gasteiger charge is 2.51. The molecule has 1 saturated heterocycles. The van der Waals surface area contributed by atoms with Gasteiger partial charge in [0.2, 0.25) is 0 Å². The highest BCUT2D eigenvalue weighted by atomic mass is 16.7. The smallest absolute Gasteiger partial charge is 0.303 e. The van der Waals surface area contributed by atoms with Crippen LogP contribution in [0, 0.1) is 0 Å². The third-order valence-electron chi connectivity index (χ3n) is 2.70. The fraction of sp³-hybridized carbons (Fsp3) is 0.750. The fourth-order valence-electron chi connectivity index (χ4n) is 2.02. The second-order valence-electron chi connectivity index (χ2n) is 4.47. The Kier molecular flexibility index (Phi) is 6.06. The van der Waals surface area contributed by atoms with E-state index in [0.717, 1.165) is 20.8 Å². The quantitative estimate of drug-likeness (QED) is 0.470. The van der Waals surface area contributed by atoms with Gasteiger partial charge in [0.25, 0.3) is 0 Å². The van der Waals surface area contributed by atoms with Gasteiger partial charge in [-0.25, -0.2) is 0 Å². The van der Waals surface area contributed by atoms with Crippen molar-refractivity contribution in [3.05, 3.63) is 0 Å². The van der Waals surface area contributed by atoms with E-state index in [9.17, 15) is 24.6 Å². The van der Waals surface area contributed by atoms with Crippen LogP contribution in [0.15, 0.2) is 0 Å². The summed E-state index contributed by atoms with van der Waals surface area (Å²) >= 11 is 0. The van der Waals surface area contributed by atoms with Gasteiger partial charge in [-0.3, -0.25) is 14.4 Å². The van der Waals surface area contributed by atoms with Crippen molar-refractivity contribution in [1.29, 1.82) is 0 Å². The minimum absolute atomic E-state index is 0.598. The van der Waals surface area contributed by atoms with Crippen molar-refractivity contribution in [1.82, 2.24) is 0 Å². The van der Waals surface area contributed by atoms with E-state index >= 15 is 0 Å². The van der Waals surface area contributed by atoms with E-state index in [-0.39, 0.29) is 0 Å². The predicted molar refractivity (Wildman–Crippen MR) is 64.6 cm³/mol. The van der Waals surface area contributed by atoms with Gasteiger partial charge in [-0.1, -0.05) is 0 Å². The first-order valence-electron chi connectivity index (χ1n) is 6.22. The number of rotatable bonds is 4. The second-order valence-corrected chi connectivity index (χ2v) is 4.47. The van der Waals surface area contributed by atoms with E-state index in [0.29, 0.717) is 0 Å². The summed E-state index contributed by atoms with van der Waals surface area (Å²) in [5.41, 5.74) is 0. The molecule has 21 heavy (non-hydrogen) atoms. The highest BCUT2D eigenvalue weighted by Crippen LogP contribution is 2.27. The number of hydrogen-bond acceptors (Lipinski definition) is 9. The molecule has 1 fully saturated rings. The van der Waals surface area contributed by atoms with Crippen LogP contribution in [0.3, 0.4) is 0 Å². The third-order valence-corrected chi connectivity index (χ3v) is 2.70. The van der Waals surface area contributed by atoms with Crippen LogP contribution in [0.5, 0.6) is 0 Å². The van der Waals surface area contributed by atoms with Gasteiger partial charge in [-0.05, 0) is 0 Å². The molecule has 0 aromatic heterocycles. The SMILES string of the molecule is CC(=O)OC1C(OC(C)=O)[C@@H](O)OC(CO)[C@H]1OC(C)=O. The summed E-state index contributed by atoms with van der Waals surface area (Å²) in [4.78, 5) is 33.4. The lowest BCUT2D eigenvalue weighted by molar-refractivity contribution is -0.295. The summed E-state index contributed by atoms with van der Waals surface area (Å²) in [6.45, 7) is 2.71. The van der Waals surface area contributed by atoms with Crippen LogP contribution in [-0.4, -0.2) is 65.4 Å². The summed E-state index contributed by atoms with van der Waals surface area (Å²) < 4.78 is 19.8. The van der Waals surface area contributed by atoms with Gasteiger partial charge in [0, 0.05) is 20.8 Å². The predicted octanol–water partition coefficient (Wildman–Crippen LogP) is -1.51. The van der Waals surface area contributed by atoms with E-state index in [1.54, 1.807) is 0 Å². The Labute approximate surface area is 120 Å². The van der Waals surface area contributed by atoms with Crippen molar-refractivity contribution >= 4 is 17.9 Å². The molecule has 1 aliphatic heterocycles. The molecular formula is C12H18O9. The summed E-state index contributed by atoms with van der Waals surface area (Å²) in [7, 11) is 0. The maximum Gasteiger partial charge on any atom is 0.303 e. The van der Waals surface area contributed by atoms with Crippen LogP contribution in [0.4, 0.5) is 0 Å².